The molecule has 0 aromatic heterocycles. The van der Waals surface area contributed by atoms with E-state index in [1.807, 2.05) is 64.1 Å². The third-order valence-electron chi connectivity index (χ3n) is 4.43. The molecule has 2 aromatic carbocycles. The van der Waals surface area contributed by atoms with E-state index in [9.17, 15) is 9.59 Å². The van der Waals surface area contributed by atoms with Crippen LogP contribution in [0.25, 0.3) is 0 Å². The molecule has 0 aliphatic carbocycles. The average Bonchev–Trinajstić information content (AvgIpc) is 2.65. The minimum absolute atomic E-state index is 0.122. The monoisotopic (exact) mass is 384 g/mol. The Morgan fingerprint density at radius 2 is 1.57 bits per heavy atom. The zero-order chi connectivity index (χ0) is 20.7. The smallest absolute Gasteiger partial charge is 0.313 e. The summed E-state index contributed by atoms with van der Waals surface area (Å²) in [4.78, 5) is 24.6. The van der Waals surface area contributed by atoms with Crippen LogP contribution in [-0.2, 0) is 14.3 Å². The first kappa shape index (κ1) is 21.6. The number of aliphatic hydroxyl groups is 1. The van der Waals surface area contributed by atoms with Crippen LogP contribution in [0.15, 0.2) is 36.4 Å². The van der Waals surface area contributed by atoms with Gasteiger partial charge in [0.2, 0.25) is 0 Å². The molecule has 0 fully saturated rings. The number of ether oxygens (including phenoxy) is 1. The van der Waals surface area contributed by atoms with Gasteiger partial charge in [-0.2, -0.15) is 0 Å². The zero-order valence-electron chi connectivity index (χ0n) is 16.8. The maximum absolute atomic E-state index is 12.3. The number of benzene rings is 2. The van der Waals surface area contributed by atoms with Gasteiger partial charge in [-0.3, -0.25) is 9.59 Å². The lowest BCUT2D eigenvalue weighted by molar-refractivity contribution is -0.136. The van der Waals surface area contributed by atoms with Gasteiger partial charge in [-0.15, -0.1) is 0 Å². The topological polar surface area (TPSA) is 87.7 Å². The molecule has 0 spiro atoms. The maximum Gasteiger partial charge on any atom is 0.313 e. The zero-order valence-corrected chi connectivity index (χ0v) is 16.8. The van der Waals surface area contributed by atoms with Crippen LogP contribution >= 0.6 is 0 Å². The number of rotatable bonds is 7. The summed E-state index contributed by atoms with van der Waals surface area (Å²) in [5.74, 6) is -1.45. The quantitative estimate of drug-likeness (QED) is 0.641. The molecular formula is C22H28N2O4. The Bertz CT molecular complexity index is 808. The van der Waals surface area contributed by atoms with Gasteiger partial charge in [0, 0.05) is 12.2 Å². The van der Waals surface area contributed by atoms with Crippen LogP contribution in [0, 0.1) is 27.7 Å². The van der Waals surface area contributed by atoms with Crippen molar-refractivity contribution in [3.63, 3.8) is 0 Å². The first-order valence-electron chi connectivity index (χ1n) is 9.28. The number of hydrogen-bond donors (Lipinski definition) is 3. The van der Waals surface area contributed by atoms with Crippen LogP contribution in [0.5, 0.6) is 0 Å². The van der Waals surface area contributed by atoms with Crippen LogP contribution in [0.2, 0.25) is 0 Å². The summed E-state index contributed by atoms with van der Waals surface area (Å²) in [6, 6.07) is 11.6. The van der Waals surface area contributed by atoms with Gasteiger partial charge in [-0.25, -0.2) is 0 Å². The van der Waals surface area contributed by atoms with E-state index in [1.165, 1.54) is 0 Å². The summed E-state index contributed by atoms with van der Waals surface area (Å²) in [5, 5.41) is 14.3. The van der Waals surface area contributed by atoms with Crippen molar-refractivity contribution in [1.82, 2.24) is 5.32 Å². The Hall–Kier alpha value is -2.70. The van der Waals surface area contributed by atoms with Crippen LogP contribution in [0.1, 0.15) is 33.9 Å². The second-order valence-electron chi connectivity index (χ2n) is 6.93. The van der Waals surface area contributed by atoms with E-state index in [1.54, 1.807) is 0 Å². The minimum Gasteiger partial charge on any atom is -0.394 e. The molecule has 28 heavy (non-hydrogen) atoms. The highest BCUT2D eigenvalue weighted by atomic mass is 16.5. The van der Waals surface area contributed by atoms with Crippen molar-refractivity contribution in [2.24, 2.45) is 0 Å². The SMILES string of the molecule is Cc1ccc(C(CNC(=O)C(=O)Nc2c(C)cc(C)cc2C)OCCO)cc1. The maximum atomic E-state index is 12.3. The number of hydrogen-bond acceptors (Lipinski definition) is 4. The van der Waals surface area contributed by atoms with E-state index < -0.39 is 17.9 Å². The Labute approximate surface area is 165 Å². The summed E-state index contributed by atoms with van der Waals surface area (Å²) in [7, 11) is 0. The van der Waals surface area contributed by atoms with Gasteiger partial charge in [0.1, 0.15) is 0 Å². The van der Waals surface area contributed by atoms with Crippen molar-refractivity contribution < 1.29 is 19.4 Å². The second-order valence-corrected chi connectivity index (χ2v) is 6.93. The number of nitrogens with one attached hydrogen (secondary N) is 2. The number of amides is 2. The molecule has 150 valence electrons. The number of anilines is 1. The van der Waals surface area contributed by atoms with Gasteiger partial charge in [-0.1, -0.05) is 47.5 Å². The number of carbonyl (C=O) groups is 2. The van der Waals surface area contributed by atoms with E-state index in [2.05, 4.69) is 10.6 Å². The largest absolute Gasteiger partial charge is 0.394 e. The molecule has 0 radical (unpaired) electrons. The third kappa shape index (κ3) is 5.90. The van der Waals surface area contributed by atoms with Crippen LogP contribution in [0.3, 0.4) is 0 Å². The molecule has 0 aliphatic rings. The number of carbonyl (C=O) groups excluding carboxylic acids is 2. The van der Waals surface area contributed by atoms with Crippen molar-refractivity contribution in [1.29, 1.82) is 0 Å². The summed E-state index contributed by atoms with van der Waals surface area (Å²) in [6.07, 6.45) is -0.452. The van der Waals surface area contributed by atoms with Crippen LogP contribution < -0.4 is 10.6 Å². The Morgan fingerprint density at radius 1 is 0.964 bits per heavy atom. The number of aryl methyl sites for hydroxylation is 4. The van der Waals surface area contributed by atoms with Crippen molar-refractivity contribution >= 4 is 17.5 Å². The standard InChI is InChI=1S/C22H28N2O4/c1-14-5-7-18(8-6-14)19(28-10-9-25)13-23-21(26)22(27)24-20-16(3)11-15(2)12-17(20)4/h5-8,11-12,19,25H,9-10,13H2,1-4H3,(H,23,26)(H,24,27). The minimum atomic E-state index is -0.732. The molecular weight excluding hydrogens is 356 g/mol. The van der Waals surface area contributed by atoms with Gasteiger partial charge in [-0.05, 0) is 44.4 Å². The molecule has 0 bridgehead atoms. The lowest BCUT2D eigenvalue weighted by Gasteiger charge is -2.19. The molecule has 2 rings (SSSR count). The van der Waals surface area contributed by atoms with Gasteiger partial charge >= 0.3 is 11.8 Å². The second kappa shape index (κ2) is 10.0. The fraction of sp³-hybridized carbons (Fsp3) is 0.364. The summed E-state index contributed by atoms with van der Waals surface area (Å²) in [5.41, 5.74) is 5.53. The predicted molar refractivity (Wildman–Crippen MR) is 109 cm³/mol. The molecule has 0 saturated carbocycles. The van der Waals surface area contributed by atoms with Gasteiger partial charge in [0.25, 0.3) is 0 Å². The van der Waals surface area contributed by atoms with Gasteiger partial charge < -0.3 is 20.5 Å². The van der Waals surface area contributed by atoms with Crippen molar-refractivity contribution in [2.45, 2.75) is 33.8 Å². The summed E-state index contributed by atoms with van der Waals surface area (Å²) >= 11 is 0. The van der Waals surface area contributed by atoms with Crippen LogP contribution in [0.4, 0.5) is 5.69 Å². The predicted octanol–water partition coefficient (Wildman–Crippen LogP) is 2.73. The Morgan fingerprint density at radius 3 is 2.14 bits per heavy atom. The highest BCUT2D eigenvalue weighted by Crippen LogP contribution is 2.22. The van der Waals surface area contributed by atoms with Crippen molar-refractivity contribution in [3.8, 4) is 0 Å². The van der Waals surface area contributed by atoms with Gasteiger partial charge in [0.15, 0.2) is 0 Å². The summed E-state index contributed by atoms with van der Waals surface area (Å²) in [6.45, 7) is 7.89. The van der Waals surface area contributed by atoms with Crippen molar-refractivity contribution in [3.05, 3.63) is 64.2 Å². The molecule has 1 atom stereocenters. The lowest BCUT2D eigenvalue weighted by Crippen LogP contribution is -2.38. The Kier molecular flexibility index (Phi) is 7.72. The fourth-order valence-corrected chi connectivity index (χ4v) is 3.06. The highest BCUT2D eigenvalue weighted by molar-refractivity contribution is 6.39. The third-order valence-corrected chi connectivity index (χ3v) is 4.43. The highest BCUT2D eigenvalue weighted by Gasteiger charge is 2.19. The lowest BCUT2D eigenvalue weighted by atomic mass is 10.1. The van der Waals surface area contributed by atoms with Crippen molar-refractivity contribution in [2.75, 3.05) is 25.1 Å². The first-order valence-corrected chi connectivity index (χ1v) is 9.28. The Balaban J connectivity index is 2.01. The first-order chi connectivity index (χ1) is 13.3. The molecule has 3 N–H and O–H groups in total. The van der Waals surface area contributed by atoms with E-state index >= 15 is 0 Å². The van der Waals surface area contributed by atoms with Crippen LogP contribution in [-0.4, -0.2) is 36.7 Å². The fourth-order valence-electron chi connectivity index (χ4n) is 3.06. The van der Waals surface area contributed by atoms with E-state index in [0.29, 0.717) is 5.69 Å². The molecule has 2 aromatic rings. The summed E-state index contributed by atoms with van der Waals surface area (Å²) < 4.78 is 5.62. The van der Waals surface area contributed by atoms with E-state index in [0.717, 1.165) is 27.8 Å². The molecule has 6 nitrogen and oxygen atoms in total. The molecule has 0 saturated heterocycles. The average molecular weight is 384 g/mol. The van der Waals surface area contributed by atoms with E-state index in [-0.39, 0.29) is 19.8 Å². The molecule has 6 heteroatoms. The normalized spacial score (nSPS) is 11.8. The molecule has 0 aliphatic heterocycles. The molecule has 1 unspecified atom stereocenters. The van der Waals surface area contributed by atoms with E-state index in [4.69, 9.17) is 9.84 Å². The molecule has 0 heterocycles. The number of aliphatic hydroxyl groups excluding tert-OH is 1. The molecule has 2 amide bonds. The van der Waals surface area contributed by atoms with Gasteiger partial charge in [0.05, 0.1) is 19.3 Å².